The van der Waals surface area contributed by atoms with Crippen LogP contribution in [0.3, 0.4) is 0 Å². The van der Waals surface area contributed by atoms with Crippen molar-refractivity contribution in [2.75, 3.05) is 7.11 Å². The molecular formula is C10H11BrO2S. The van der Waals surface area contributed by atoms with Crippen molar-refractivity contribution in [1.29, 1.82) is 0 Å². The van der Waals surface area contributed by atoms with Crippen molar-refractivity contribution in [2.24, 2.45) is 0 Å². The van der Waals surface area contributed by atoms with Crippen molar-refractivity contribution in [1.82, 2.24) is 0 Å². The van der Waals surface area contributed by atoms with Gasteiger partial charge >= 0.3 is 0 Å². The largest absolute Gasteiger partial charge is 0.487 e. The van der Waals surface area contributed by atoms with E-state index >= 15 is 0 Å². The Kier molecular flexibility index (Phi) is 3.89. The molecule has 2 nitrogen and oxygen atoms in total. The summed E-state index contributed by atoms with van der Waals surface area (Å²) in [5.41, 5.74) is 1.60. The molecule has 4 heteroatoms. The van der Waals surface area contributed by atoms with Crippen LogP contribution in [0.1, 0.15) is 24.2 Å². The Balaban J connectivity index is 3.06. The molecule has 0 bridgehead atoms. The molecule has 0 spiro atoms. The average Bonchev–Trinajstić information content (AvgIpc) is 2.45. The maximum atomic E-state index is 11.7. The number of hydrogen-bond donors (Lipinski definition) is 0. The highest BCUT2D eigenvalue weighted by atomic mass is 79.9. The lowest BCUT2D eigenvalue weighted by molar-refractivity contribution is 0.104. The van der Waals surface area contributed by atoms with Crippen molar-refractivity contribution in [3.05, 3.63) is 27.1 Å². The van der Waals surface area contributed by atoms with Crippen LogP contribution in [-0.2, 0) is 0 Å². The van der Waals surface area contributed by atoms with E-state index in [1.54, 1.807) is 19.3 Å². The van der Waals surface area contributed by atoms with E-state index in [1.165, 1.54) is 11.3 Å². The number of hydrogen-bond acceptors (Lipinski definition) is 3. The molecule has 0 aliphatic rings. The van der Waals surface area contributed by atoms with Crippen LogP contribution in [0.2, 0.25) is 0 Å². The molecule has 0 aromatic carbocycles. The van der Waals surface area contributed by atoms with Gasteiger partial charge in [-0.15, -0.1) is 0 Å². The SMILES string of the molecule is COc1sc(Br)cc1C(=O)C=C(C)C. The van der Waals surface area contributed by atoms with Gasteiger partial charge in [0, 0.05) is 0 Å². The number of carbonyl (C=O) groups excluding carboxylic acids is 1. The van der Waals surface area contributed by atoms with Crippen molar-refractivity contribution >= 4 is 33.0 Å². The Morgan fingerprint density at radius 1 is 1.57 bits per heavy atom. The van der Waals surface area contributed by atoms with E-state index in [9.17, 15) is 4.79 Å². The summed E-state index contributed by atoms with van der Waals surface area (Å²) >= 11 is 4.74. The van der Waals surface area contributed by atoms with Crippen LogP contribution in [0, 0.1) is 0 Å². The lowest BCUT2D eigenvalue weighted by Gasteiger charge is -1.97. The van der Waals surface area contributed by atoms with Crippen LogP contribution in [0.25, 0.3) is 0 Å². The third-order valence-corrected chi connectivity index (χ3v) is 3.14. The highest BCUT2D eigenvalue weighted by Gasteiger charge is 2.13. The van der Waals surface area contributed by atoms with Crippen LogP contribution in [0.5, 0.6) is 5.06 Å². The van der Waals surface area contributed by atoms with Crippen LogP contribution in [-0.4, -0.2) is 12.9 Å². The smallest absolute Gasteiger partial charge is 0.190 e. The fraction of sp³-hybridized carbons (Fsp3) is 0.300. The molecule has 0 atom stereocenters. The summed E-state index contributed by atoms with van der Waals surface area (Å²) in [6.07, 6.45) is 1.61. The fourth-order valence-corrected chi connectivity index (χ4v) is 2.39. The number of ketones is 1. The van der Waals surface area contributed by atoms with E-state index in [0.717, 1.165) is 9.36 Å². The van der Waals surface area contributed by atoms with Gasteiger partial charge in [0.25, 0.3) is 0 Å². The number of carbonyl (C=O) groups is 1. The molecule has 0 fully saturated rings. The third-order valence-electron chi connectivity index (χ3n) is 1.54. The second-order valence-electron chi connectivity index (χ2n) is 3.04. The minimum absolute atomic E-state index is 0.0104. The predicted octanol–water partition coefficient (Wildman–Crippen LogP) is 3.67. The summed E-state index contributed by atoms with van der Waals surface area (Å²) in [5.74, 6) is -0.0104. The van der Waals surface area contributed by atoms with E-state index in [-0.39, 0.29) is 5.78 Å². The predicted molar refractivity (Wildman–Crippen MR) is 62.3 cm³/mol. The fourth-order valence-electron chi connectivity index (χ4n) is 1.01. The molecule has 1 heterocycles. The molecular weight excluding hydrogens is 264 g/mol. The van der Waals surface area contributed by atoms with Gasteiger partial charge in [0.1, 0.15) is 0 Å². The van der Waals surface area contributed by atoms with Gasteiger partial charge in [0.15, 0.2) is 10.8 Å². The topological polar surface area (TPSA) is 26.3 Å². The van der Waals surface area contributed by atoms with E-state index in [2.05, 4.69) is 15.9 Å². The van der Waals surface area contributed by atoms with Crippen molar-refractivity contribution in [2.45, 2.75) is 13.8 Å². The average molecular weight is 275 g/mol. The normalized spacial score (nSPS) is 9.71. The number of rotatable bonds is 3. The Morgan fingerprint density at radius 3 is 2.71 bits per heavy atom. The first-order valence-corrected chi connectivity index (χ1v) is 5.68. The first-order valence-electron chi connectivity index (χ1n) is 4.07. The first-order chi connectivity index (χ1) is 6.54. The Labute approximate surface area is 95.7 Å². The summed E-state index contributed by atoms with van der Waals surface area (Å²) in [6.45, 7) is 3.79. The molecule has 1 aromatic rings. The molecule has 14 heavy (non-hydrogen) atoms. The highest BCUT2D eigenvalue weighted by Crippen LogP contribution is 2.34. The Bertz CT molecular complexity index is 375. The summed E-state index contributed by atoms with van der Waals surface area (Å²) < 4.78 is 6.01. The van der Waals surface area contributed by atoms with Crippen LogP contribution >= 0.6 is 27.3 Å². The van der Waals surface area contributed by atoms with Crippen LogP contribution in [0.4, 0.5) is 0 Å². The quantitative estimate of drug-likeness (QED) is 0.621. The molecule has 76 valence electrons. The second-order valence-corrected chi connectivity index (χ2v) is 5.44. The molecule has 0 radical (unpaired) electrons. The summed E-state index contributed by atoms with van der Waals surface area (Å²) in [5, 5.41) is 0.652. The van der Waals surface area contributed by atoms with Gasteiger partial charge in [-0.05, 0) is 41.9 Å². The monoisotopic (exact) mass is 274 g/mol. The standard InChI is InChI=1S/C10H11BrO2S/c1-6(2)4-8(12)7-5-9(11)14-10(7)13-3/h4-5H,1-3H3. The number of thiophene rings is 1. The van der Waals surface area contributed by atoms with E-state index in [0.29, 0.717) is 10.6 Å². The number of halogens is 1. The van der Waals surface area contributed by atoms with Gasteiger partial charge in [0.05, 0.1) is 16.5 Å². The summed E-state index contributed by atoms with van der Waals surface area (Å²) in [4.78, 5) is 11.7. The van der Waals surface area contributed by atoms with Gasteiger partial charge in [0.2, 0.25) is 0 Å². The maximum absolute atomic E-state index is 11.7. The summed E-state index contributed by atoms with van der Waals surface area (Å²) in [6, 6.07) is 1.78. The van der Waals surface area contributed by atoms with Crippen molar-refractivity contribution < 1.29 is 9.53 Å². The minimum atomic E-state index is -0.0104. The molecule has 0 saturated carbocycles. The Hall–Kier alpha value is -0.610. The van der Waals surface area contributed by atoms with Crippen molar-refractivity contribution in [3.8, 4) is 5.06 Å². The number of allylic oxidation sites excluding steroid dienone is 2. The minimum Gasteiger partial charge on any atom is -0.487 e. The number of methoxy groups -OCH3 is 1. The molecule has 0 aliphatic carbocycles. The Morgan fingerprint density at radius 2 is 2.21 bits per heavy atom. The second kappa shape index (κ2) is 4.75. The highest BCUT2D eigenvalue weighted by molar-refractivity contribution is 9.11. The molecule has 1 aromatic heterocycles. The van der Waals surface area contributed by atoms with Gasteiger partial charge in [-0.2, -0.15) is 0 Å². The lowest BCUT2D eigenvalue weighted by atomic mass is 10.1. The molecule has 0 unspecified atom stereocenters. The van der Waals surface area contributed by atoms with E-state index < -0.39 is 0 Å². The maximum Gasteiger partial charge on any atom is 0.190 e. The van der Waals surface area contributed by atoms with Gasteiger partial charge in [-0.3, -0.25) is 4.79 Å². The van der Waals surface area contributed by atoms with E-state index in [1.807, 2.05) is 13.8 Å². The van der Waals surface area contributed by atoms with Gasteiger partial charge in [-0.25, -0.2) is 0 Å². The van der Waals surface area contributed by atoms with Gasteiger partial charge in [-0.1, -0.05) is 16.9 Å². The number of ether oxygens (including phenoxy) is 1. The molecule has 0 amide bonds. The van der Waals surface area contributed by atoms with Crippen LogP contribution in [0.15, 0.2) is 21.5 Å². The lowest BCUT2D eigenvalue weighted by Crippen LogP contribution is -1.95. The zero-order valence-electron chi connectivity index (χ0n) is 8.26. The third kappa shape index (κ3) is 2.69. The molecule has 0 aliphatic heterocycles. The van der Waals surface area contributed by atoms with Crippen molar-refractivity contribution in [3.63, 3.8) is 0 Å². The molecule has 0 saturated heterocycles. The molecule has 0 N–H and O–H groups in total. The van der Waals surface area contributed by atoms with Gasteiger partial charge < -0.3 is 4.74 Å². The first kappa shape index (κ1) is 11.5. The van der Waals surface area contributed by atoms with E-state index in [4.69, 9.17) is 4.74 Å². The summed E-state index contributed by atoms with van der Waals surface area (Å²) in [7, 11) is 1.57. The van der Waals surface area contributed by atoms with Crippen LogP contribution < -0.4 is 4.74 Å². The molecule has 1 rings (SSSR count). The zero-order valence-corrected chi connectivity index (χ0v) is 10.7. The zero-order chi connectivity index (χ0) is 10.7.